The van der Waals surface area contributed by atoms with E-state index in [1.807, 2.05) is 10.6 Å². The Kier molecular flexibility index (Phi) is 5.02. The van der Waals surface area contributed by atoms with Crippen molar-refractivity contribution in [2.24, 2.45) is 5.10 Å². The first kappa shape index (κ1) is 19.1. The minimum Gasteiger partial charge on any atom is -0.349 e. The topological polar surface area (TPSA) is 74.9 Å². The quantitative estimate of drug-likeness (QED) is 0.496. The number of nitrogens with zero attached hydrogens (tertiary/aromatic N) is 5. The number of halogens is 2. The summed E-state index contributed by atoms with van der Waals surface area (Å²) in [4.78, 5) is 20.7. The summed E-state index contributed by atoms with van der Waals surface area (Å²) in [5.74, 6) is -0.534. The van der Waals surface area contributed by atoms with Crippen molar-refractivity contribution in [3.8, 4) is 0 Å². The highest BCUT2D eigenvalue weighted by molar-refractivity contribution is 6.34. The van der Waals surface area contributed by atoms with Crippen LogP contribution < -0.4 is 10.3 Å². The minimum absolute atomic E-state index is 0.0635. The number of imidazole rings is 1. The van der Waals surface area contributed by atoms with Crippen molar-refractivity contribution in [2.45, 2.75) is 18.9 Å². The molecule has 0 radical (unpaired) electrons. The van der Waals surface area contributed by atoms with Gasteiger partial charge in [0.1, 0.15) is 5.82 Å². The number of hydrazone groups is 1. The van der Waals surface area contributed by atoms with Gasteiger partial charge < -0.3 is 9.72 Å². The van der Waals surface area contributed by atoms with Gasteiger partial charge in [0.05, 0.1) is 29.2 Å². The molecule has 148 valence electrons. The monoisotopic (exact) mass is 412 g/mol. The molecule has 4 rings (SSSR count). The summed E-state index contributed by atoms with van der Waals surface area (Å²) in [7, 11) is 1.73. The molecule has 1 saturated carbocycles. The van der Waals surface area contributed by atoms with Gasteiger partial charge in [-0.3, -0.25) is 4.79 Å². The Bertz CT molecular complexity index is 1140. The maximum absolute atomic E-state index is 14.2. The van der Waals surface area contributed by atoms with E-state index in [0.29, 0.717) is 17.0 Å². The number of fused-ring (bicyclic) bond motifs is 1. The molecule has 7 nitrogen and oxygen atoms in total. The fraction of sp³-hybridized carbons (Fsp3) is 0.200. The number of anilines is 1. The maximum Gasteiger partial charge on any atom is 0.254 e. The molecule has 3 aromatic rings. The number of amides is 1. The summed E-state index contributed by atoms with van der Waals surface area (Å²) in [6, 6.07) is 2.65. The molecule has 0 spiro atoms. The van der Waals surface area contributed by atoms with Gasteiger partial charge in [-0.25, -0.2) is 19.4 Å². The van der Waals surface area contributed by atoms with Crippen molar-refractivity contribution >= 4 is 40.8 Å². The lowest BCUT2D eigenvalue weighted by Crippen LogP contribution is -2.26. The number of carbonyl (C=O) groups excluding carboxylic acids is 1. The number of carbonyl (C=O) groups is 1. The molecule has 1 fully saturated rings. The lowest BCUT2D eigenvalue weighted by molar-refractivity contribution is 0.0947. The molecule has 1 amide bonds. The summed E-state index contributed by atoms with van der Waals surface area (Å²) in [6.45, 7) is 3.95. The highest BCUT2D eigenvalue weighted by Crippen LogP contribution is 2.27. The zero-order chi connectivity index (χ0) is 20.5. The molecular weight excluding hydrogens is 395 g/mol. The fourth-order valence-corrected chi connectivity index (χ4v) is 3.00. The Hall–Kier alpha value is -3.26. The Morgan fingerprint density at radius 3 is 2.97 bits per heavy atom. The van der Waals surface area contributed by atoms with Gasteiger partial charge in [0.15, 0.2) is 11.5 Å². The maximum atomic E-state index is 14.2. The van der Waals surface area contributed by atoms with Gasteiger partial charge >= 0.3 is 0 Å². The first-order chi connectivity index (χ1) is 13.9. The van der Waals surface area contributed by atoms with E-state index in [-0.39, 0.29) is 16.6 Å². The van der Waals surface area contributed by atoms with E-state index in [1.165, 1.54) is 12.3 Å². The van der Waals surface area contributed by atoms with Gasteiger partial charge in [0, 0.05) is 31.0 Å². The van der Waals surface area contributed by atoms with Crippen LogP contribution in [-0.4, -0.2) is 39.6 Å². The largest absolute Gasteiger partial charge is 0.349 e. The number of nitrogens with one attached hydrogen (secondary N) is 1. The van der Waals surface area contributed by atoms with Crippen molar-refractivity contribution < 1.29 is 9.18 Å². The zero-order valence-corrected chi connectivity index (χ0v) is 16.4. The van der Waals surface area contributed by atoms with Crippen LogP contribution in [0.25, 0.3) is 11.2 Å². The van der Waals surface area contributed by atoms with Crippen LogP contribution in [0.15, 0.2) is 48.6 Å². The molecule has 0 aliphatic heterocycles. The molecule has 1 aromatic carbocycles. The standard InChI is InChI=1S/C20H18ClFN6O/c1-12(9-25-27(2)19-11-28-6-5-23-18(28)10-24-19)14-7-15(17(22)8-16(14)21)20(29)26-13-3-4-13/h5-11,13H,1,3-4H2,2H3,(H,26,29)/b25-9-. The molecule has 29 heavy (non-hydrogen) atoms. The van der Waals surface area contributed by atoms with E-state index >= 15 is 0 Å². The van der Waals surface area contributed by atoms with Crippen LogP contribution in [-0.2, 0) is 0 Å². The van der Waals surface area contributed by atoms with Gasteiger partial charge in [0.2, 0.25) is 0 Å². The number of aromatic nitrogens is 3. The van der Waals surface area contributed by atoms with Crippen LogP contribution in [0.2, 0.25) is 5.02 Å². The van der Waals surface area contributed by atoms with E-state index in [4.69, 9.17) is 11.6 Å². The summed E-state index contributed by atoms with van der Waals surface area (Å²) in [6.07, 6.45) is 10.2. The molecule has 2 aromatic heterocycles. The van der Waals surface area contributed by atoms with Crippen LogP contribution in [0.5, 0.6) is 0 Å². The third kappa shape index (κ3) is 4.12. The molecular formula is C20H18ClFN6O. The third-order valence-corrected chi connectivity index (χ3v) is 4.86. The van der Waals surface area contributed by atoms with Crippen LogP contribution in [0.1, 0.15) is 28.8 Å². The molecule has 1 aliphatic rings. The predicted octanol–water partition coefficient (Wildman–Crippen LogP) is 3.55. The van der Waals surface area contributed by atoms with Crippen molar-refractivity contribution in [3.05, 3.63) is 65.5 Å². The molecule has 1 N–H and O–H groups in total. The second-order valence-corrected chi connectivity index (χ2v) is 7.20. The van der Waals surface area contributed by atoms with Crippen LogP contribution in [0, 0.1) is 5.82 Å². The number of hydrogen-bond acceptors (Lipinski definition) is 5. The SMILES string of the molecule is C=C(/C=N\N(C)c1cn2ccnc2cn1)c1cc(C(=O)NC2CC2)c(F)cc1Cl. The average molecular weight is 413 g/mol. The lowest BCUT2D eigenvalue weighted by Gasteiger charge is -2.13. The minimum atomic E-state index is -0.670. The van der Waals surface area contributed by atoms with Crippen molar-refractivity contribution in [1.29, 1.82) is 0 Å². The van der Waals surface area contributed by atoms with Crippen molar-refractivity contribution in [2.75, 3.05) is 12.1 Å². The molecule has 1 aliphatic carbocycles. The summed E-state index contributed by atoms with van der Waals surface area (Å²) >= 11 is 6.17. The molecule has 0 saturated heterocycles. The van der Waals surface area contributed by atoms with E-state index in [2.05, 4.69) is 27.0 Å². The molecule has 9 heteroatoms. The van der Waals surface area contributed by atoms with E-state index in [9.17, 15) is 9.18 Å². The number of allylic oxidation sites excluding steroid dienone is 1. The van der Waals surface area contributed by atoms with Crippen LogP contribution >= 0.6 is 11.6 Å². The first-order valence-corrected chi connectivity index (χ1v) is 9.36. The normalized spacial score (nSPS) is 13.8. The number of rotatable bonds is 6. The lowest BCUT2D eigenvalue weighted by atomic mass is 10.0. The molecule has 0 atom stereocenters. The first-order valence-electron chi connectivity index (χ1n) is 8.98. The highest BCUT2D eigenvalue weighted by Gasteiger charge is 2.25. The van der Waals surface area contributed by atoms with E-state index in [0.717, 1.165) is 24.6 Å². The van der Waals surface area contributed by atoms with Gasteiger partial charge in [-0.1, -0.05) is 18.2 Å². The number of benzene rings is 1. The highest BCUT2D eigenvalue weighted by atomic mass is 35.5. The van der Waals surface area contributed by atoms with Gasteiger partial charge in [-0.15, -0.1) is 0 Å². The van der Waals surface area contributed by atoms with E-state index in [1.54, 1.807) is 30.6 Å². The Labute approximate surface area is 171 Å². The van der Waals surface area contributed by atoms with E-state index < -0.39 is 11.7 Å². The number of hydrogen-bond donors (Lipinski definition) is 1. The summed E-state index contributed by atoms with van der Waals surface area (Å²) in [5.41, 5.74) is 1.53. The fourth-order valence-electron chi connectivity index (χ4n) is 2.73. The summed E-state index contributed by atoms with van der Waals surface area (Å²) < 4.78 is 16.0. The average Bonchev–Trinajstić information content (AvgIpc) is 3.38. The Morgan fingerprint density at radius 1 is 1.41 bits per heavy atom. The van der Waals surface area contributed by atoms with Gasteiger partial charge in [-0.05, 0) is 30.5 Å². The second kappa shape index (κ2) is 7.63. The summed E-state index contributed by atoms with van der Waals surface area (Å²) in [5, 5.41) is 8.80. The van der Waals surface area contributed by atoms with Crippen LogP contribution in [0.4, 0.5) is 10.2 Å². The Balaban J connectivity index is 1.54. The van der Waals surface area contributed by atoms with Crippen molar-refractivity contribution in [1.82, 2.24) is 19.7 Å². The third-order valence-electron chi connectivity index (χ3n) is 4.54. The molecule has 2 heterocycles. The molecule has 0 bridgehead atoms. The second-order valence-electron chi connectivity index (χ2n) is 6.79. The molecule has 0 unspecified atom stereocenters. The Morgan fingerprint density at radius 2 is 2.21 bits per heavy atom. The van der Waals surface area contributed by atoms with Crippen molar-refractivity contribution in [3.63, 3.8) is 0 Å². The predicted molar refractivity (Wildman–Crippen MR) is 111 cm³/mol. The zero-order valence-electron chi connectivity index (χ0n) is 15.6. The van der Waals surface area contributed by atoms with Crippen LogP contribution in [0.3, 0.4) is 0 Å². The smallest absolute Gasteiger partial charge is 0.254 e. The van der Waals surface area contributed by atoms with Gasteiger partial charge in [0.25, 0.3) is 5.91 Å². The van der Waals surface area contributed by atoms with Gasteiger partial charge in [-0.2, -0.15) is 5.10 Å².